The van der Waals surface area contributed by atoms with Crippen LogP contribution in [0.3, 0.4) is 0 Å². The van der Waals surface area contributed by atoms with Gasteiger partial charge < -0.3 is 4.42 Å². The Balaban J connectivity index is 1.72. The number of fused-ring (bicyclic) bond motifs is 2. The number of carbonyl (C=O) groups excluding carboxylic acids is 1. The van der Waals surface area contributed by atoms with Crippen LogP contribution in [0.15, 0.2) is 57.9 Å². The predicted molar refractivity (Wildman–Crippen MR) is 94.8 cm³/mol. The summed E-state index contributed by atoms with van der Waals surface area (Å²) < 4.78 is 6.36. The highest BCUT2D eigenvalue weighted by atomic mass is 32.1. The molecular formula is C18H12N2O3S. The Bertz CT molecular complexity index is 1140. The summed E-state index contributed by atoms with van der Waals surface area (Å²) in [5.41, 5.74) is 1.95. The van der Waals surface area contributed by atoms with Crippen LogP contribution in [0.2, 0.25) is 0 Å². The van der Waals surface area contributed by atoms with E-state index in [0.717, 1.165) is 15.8 Å². The summed E-state index contributed by atoms with van der Waals surface area (Å²) in [7, 11) is 0. The number of para-hydroxylation sites is 2. The minimum absolute atomic E-state index is 0.0373. The Labute approximate surface area is 140 Å². The average Bonchev–Trinajstić information content (AvgIpc) is 2.99. The van der Waals surface area contributed by atoms with Gasteiger partial charge in [-0.1, -0.05) is 35.6 Å². The van der Waals surface area contributed by atoms with Gasteiger partial charge in [-0.25, -0.2) is 4.98 Å². The largest absolute Gasteiger partial charge is 0.463 e. The average molecular weight is 336 g/mol. The molecule has 0 spiro atoms. The van der Waals surface area contributed by atoms with Crippen molar-refractivity contribution < 1.29 is 9.21 Å². The first-order valence-electron chi connectivity index (χ1n) is 7.31. The fourth-order valence-electron chi connectivity index (χ4n) is 2.54. The minimum Gasteiger partial charge on any atom is -0.463 e. The lowest BCUT2D eigenvalue weighted by atomic mass is 10.1. The third-order valence-corrected chi connectivity index (χ3v) is 4.70. The van der Waals surface area contributed by atoms with Crippen molar-refractivity contribution >= 4 is 43.6 Å². The molecule has 2 aromatic carbocycles. The Morgan fingerprint density at radius 3 is 2.83 bits per heavy atom. The molecule has 0 atom stereocenters. The molecule has 2 aromatic heterocycles. The zero-order valence-electron chi connectivity index (χ0n) is 12.7. The lowest BCUT2D eigenvalue weighted by Gasteiger charge is -2.02. The zero-order valence-corrected chi connectivity index (χ0v) is 13.5. The van der Waals surface area contributed by atoms with E-state index < -0.39 is 5.91 Å². The fourth-order valence-corrected chi connectivity index (χ4v) is 3.48. The van der Waals surface area contributed by atoms with Gasteiger partial charge in [-0.3, -0.25) is 14.9 Å². The summed E-state index contributed by atoms with van der Waals surface area (Å²) in [5.74, 6) is -0.522. The van der Waals surface area contributed by atoms with Crippen LogP contribution in [0, 0.1) is 6.92 Å². The van der Waals surface area contributed by atoms with Gasteiger partial charge in [-0.05, 0) is 30.7 Å². The summed E-state index contributed by atoms with van der Waals surface area (Å²) in [4.78, 5) is 29.3. The number of aromatic nitrogens is 1. The van der Waals surface area contributed by atoms with E-state index >= 15 is 0 Å². The number of thiazole rings is 1. The van der Waals surface area contributed by atoms with Gasteiger partial charge in [-0.2, -0.15) is 0 Å². The Hall–Kier alpha value is -2.99. The Kier molecular flexibility index (Phi) is 3.39. The van der Waals surface area contributed by atoms with Crippen LogP contribution in [0.4, 0.5) is 5.13 Å². The summed E-state index contributed by atoms with van der Waals surface area (Å²) in [6.45, 7) is 1.96. The number of amides is 1. The topological polar surface area (TPSA) is 72.2 Å². The lowest BCUT2D eigenvalue weighted by Crippen LogP contribution is -2.21. The van der Waals surface area contributed by atoms with Crippen molar-refractivity contribution in [1.82, 2.24) is 4.98 Å². The highest BCUT2D eigenvalue weighted by Crippen LogP contribution is 2.28. The maximum atomic E-state index is 12.4. The number of benzene rings is 2. The van der Waals surface area contributed by atoms with E-state index in [0.29, 0.717) is 16.1 Å². The van der Waals surface area contributed by atoms with E-state index in [1.54, 1.807) is 24.3 Å². The molecule has 0 unspecified atom stereocenters. The van der Waals surface area contributed by atoms with Crippen molar-refractivity contribution in [1.29, 1.82) is 0 Å². The first-order valence-corrected chi connectivity index (χ1v) is 8.13. The molecule has 0 aliphatic carbocycles. The predicted octanol–water partition coefficient (Wildman–Crippen LogP) is 3.96. The Morgan fingerprint density at radius 1 is 1.17 bits per heavy atom. The smallest absolute Gasteiger partial charge is 0.264 e. The van der Waals surface area contributed by atoms with Gasteiger partial charge in [0.2, 0.25) is 5.43 Å². The van der Waals surface area contributed by atoms with Crippen LogP contribution >= 0.6 is 11.3 Å². The normalized spacial score (nSPS) is 11.0. The van der Waals surface area contributed by atoms with Crippen LogP contribution in [-0.4, -0.2) is 10.9 Å². The maximum absolute atomic E-state index is 12.4. The molecule has 5 nitrogen and oxygen atoms in total. The fraction of sp³-hybridized carbons (Fsp3) is 0.0556. The van der Waals surface area contributed by atoms with Crippen LogP contribution in [-0.2, 0) is 0 Å². The van der Waals surface area contributed by atoms with E-state index in [2.05, 4.69) is 10.3 Å². The number of anilines is 1. The summed E-state index contributed by atoms with van der Waals surface area (Å²) in [6, 6.07) is 12.7. The number of carbonyl (C=O) groups is 1. The van der Waals surface area contributed by atoms with Gasteiger partial charge in [0.25, 0.3) is 5.91 Å². The molecule has 118 valence electrons. The van der Waals surface area contributed by atoms with Crippen LogP contribution in [0.1, 0.15) is 15.9 Å². The van der Waals surface area contributed by atoms with Crippen molar-refractivity contribution in [2.45, 2.75) is 6.92 Å². The molecule has 1 amide bonds. The van der Waals surface area contributed by atoms with E-state index in [1.807, 2.05) is 25.1 Å². The van der Waals surface area contributed by atoms with Gasteiger partial charge in [-0.15, -0.1) is 0 Å². The molecule has 4 aromatic rings. The highest BCUT2D eigenvalue weighted by Gasteiger charge is 2.16. The second-order valence-corrected chi connectivity index (χ2v) is 6.40. The van der Waals surface area contributed by atoms with Crippen molar-refractivity contribution in [2.24, 2.45) is 0 Å². The van der Waals surface area contributed by atoms with Gasteiger partial charge in [0, 0.05) is 0 Å². The molecule has 4 rings (SSSR count). The molecule has 0 saturated carbocycles. The lowest BCUT2D eigenvalue weighted by molar-refractivity contribution is 0.102. The van der Waals surface area contributed by atoms with Gasteiger partial charge >= 0.3 is 0 Å². The molecule has 6 heteroatoms. The minimum atomic E-state index is -0.522. The van der Waals surface area contributed by atoms with Crippen LogP contribution in [0.25, 0.3) is 21.2 Å². The molecule has 0 aliphatic heterocycles. The summed E-state index contributed by atoms with van der Waals surface area (Å²) >= 11 is 1.37. The third kappa shape index (κ3) is 2.37. The van der Waals surface area contributed by atoms with Crippen LogP contribution in [0.5, 0.6) is 0 Å². The molecule has 2 heterocycles. The van der Waals surface area contributed by atoms with E-state index in [9.17, 15) is 9.59 Å². The number of nitrogens with zero attached hydrogens (tertiary/aromatic N) is 1. The first-order chi connectivity index (χ1) is 11.6. The maximum Gasteiger partial charge on any atom is 0.264 e. The molecule has 0 bridgehead atoms. The molecule has 0 saturated heterocycles. The number of hydrogen-bond donors (Lipinski definition) is 1. The quantitative estimate of drug-likeness (QED) is 0.601. The van der Waals surface area contributed by atoms with E-state index in [4.69, 9.17) is 4.42 Å². The zero-order chi connectivity index (χ0) is 16.7. The summed E-state index contributed by atoms with van der Waals surface area (Å²) in [6.07, 6.45) is 1.19. The van der Waals surface area contributed by atoms with Crippen molar-refractivity contribution in [3.63, 3.8) is 0 Å². The van der Waals surface area contributed by atoms with Crippen molar-refractivity contribution in [3.8, 4) is 0 Å². The number of aryl methyl sites for hydroxylation is 1. The third-order valence-electron chi connectivity index (χ3n) is 3.77. The molecular weight excluding hydrogens is 324 g/mol. The monoisotopic (exact) mass is 336 g/mol. The van der Waals surface area contributed by atoms with Crippen LogP contribution < -0.4 is 10.7 Å². The number of nitrogens with one attached hydrogen (secondary N) is 1. The molecule has 0 radical (unpaired) electrons. The first kappa shape index (κ1) is 14.6. The summed E-state index contributed by atoms with van der Waals surface area (Å²) in [5, 5.41) is 3.52. The van der Waals surface area contributed by atoms with Crippen molar-refractivity contribution in [2.75, 3.05) is 5.32 Å². The standard InChI is InChI=1S/C18H12N2O3S/c1-10-5-4-8-14-15(10)19-18(24-14)20-17(22)12-9-23-13-7-3-2-6-11(13)16(12)21/h2-9H,1H3,(H,19,20,22). The number of rotatable bonds is 2. The second kappa shape index (κ2) is 5.58. The van der Waals surface area contributed by atoms with Gasteiger partial charge in [0.15, 0.2) is 5.13 Å². The van der Waals surface area contributed by atoms with E-state index in [-0.39, 0.29) is 11.0 Å². The Morgan fingerprint density at radius 2 is 2.00 bits per heavy atom. The van der Waals surface area contributed by atoms with Crippen molar-refractivity contribution in [3.05, 3.63) is 70.1 Å². The van der Waals surface area contributed by atoms with E-state index in [1.165, 1.54) is 17.6 Å². The van der Waals surface area contributed by atoms with Gasteiger partial charge in [0.05, 0.1) is 15.6 Å². The highest BCUT2D eigenvalue weighted by molar-refractivity contribution is 7.22. The second-order valence-electron chi connectivity index (χ2n) is 5.37. The van der Waals surface area contributed by atoms with Gasteiger partial charge in [0.1, 0.15) is 17.4 Å². The molecule has 0 fully saturated rings. The molecule has 0 aliphatic rings. The number of hydrogen-bond acceptors (Lipinski definition) is 5. The molecule has 1 N–H and O–H groups in total. The SMILES string of the molecule is Cc1cccc2sc(NC(=O)c3coc4ccccc4c3=O)nc12. The molecule has 24 heavy (non-hydrogen) atoms.